The summed E-state index contributed by atoms with van der Waals surface area (Å²) in [7, 11) is 0. The number of benzene rings is 2. The number of anilines is 1. The molecule has 3 nitrogen and oxygen atoms in total. The summed E-state index contributed by atoms with van der Waals surface area (Å²) in [6.45, 7) is 3.92. The molecule has 0 atom stereocenters. The molecule has 1 aromatic heterocycles. The molecule has 1 N–H and O–H groups in total. The SMILES string of the molecule is CCC(=O)Nc1ccc(-c2csc(-c3ccc(C)cc3)n2)cc1. The molecule has 116 valence electrons. The zero-order valence-corrected chi connectivity index (χ0v) is 14.0. The molecule has 0 radical (unpaired) electrons. The summed E-state index contributed by atoms with van der Waals surface area (Å²) in [6.07, 6.45) is 0.480. The standard InChI is InChI=1S/C19H18N2OS/c1-3-18(22)20-16-10-8-14(9-11-16)17-12-23-19(21-17)15-6-4-13(2)5-7-15/h4-12H,3H2,1-2H3,(H,20,22). The molecular formula is C19H18N2OS. The highest BCUT2D eigenvalue weighted by molar-refractivity contribution is 7.13. The number of thiazole rings is 1. The van der Waals surface area contributed by atoms with Crippen molar-refractivity contribution < 1.29 is 4.79 Å². The number of rotatable bonds is 4. The van der Waals surface area contributed by atoms with Gasteiger partial charge in [-0.3, -0.25) is 4.79 Å². The number of aryl methyl sites for hydroxylation is 1. The van der Waals surface area contributed by atoms with Crippen LogP contribution >= 0.6 is 11.3 Å². The summed E-state index contributed by atoms with van der Waals surface area (Å²) in [4.78, 5) is 16.1. The van der Waals surface area contributed by atoms with Gasteiger partial charge in [0.15, 0.2) is 0 Å². The Hall–Kier alpha value is -2.46. The molecule has 1 heterocycles. The first-order valence-electron chi connectivity index (χ1n) is 7.58. The van der Waals surface area contributed by atoms with Crippen LogP contribution in [0, 0.1) is 6.92 Å². The van der Waals surface area contributed by atoms with E-state index in [1.807, 2.05) is 31.2 Å². The molecule has 1 amide bonds. The predicted molar refractivity (Wildman–Crippen MR) is 96.6 cm³/mol. The Morgan fingerprint density at radius 3 is 2.35 bits per heavy atom. The first-order chi connectivity index (χ1) is 11.2. The lowest BCUT2D eigenvalue weighted by Crippen LogP contribution is -2.08. The van der Waals surface area contributed by atoms with E-state index in [0.29, 0.717) is 6.42 Å². The first kappa shape index (κ1) is 15.4. The van der Waals surface area contributed by atoms with Gasteiger partial charge in [-0.25, -0.2) is 4.98 Å². The average Bonchev–Trinajstić information content (AvgIpc) is 3.06. The summed E-state index contributed by atoms with van der Waals surface area (Å²) < 4.78 is 0. The highest BCUT2D eigenvalue weighted by Crippen LogP contribution is 2.29. The summed E-state index contributed by atoms with van der Waals surface area (Å²) in [5.74, 6) is 0.0214. The van der Waals surface area contributed by atoms with Crippen LogP contribution in [-0.2, 0) is 4.79 Å². The second kappa shape index (κ2) is 6.75. The van der Waals surface area contributed by atoms with E-state index < -0.39 is 0 Å². The van der Waals surface area contributed by atoms with Crippen LogP contribution in [0.1, 0.15) is 18.9 Å². The van der Waals surface area contributed by atoms with Crippen molar-refractivity contribution in [3.63, 3.8) is 0 Å². The zero-order valence-electron chi connectivity index (χ0n) is 13.2. The molecule has 0 saturated carbocycles. The molecule has 0 fully saturated rings. The number of nitrogens with one attached hydrogen (secondary N) is 1. The number of aromatic nitrogens is 1. The molecule has 4 heteroatoms. The lowest BCUT2D eigenvalue weighted by atomic mass is 10.1. The largest absolute Gasteiger partial charge is 0.326 e. The van der Waals surface area contributed by atoms with E-state index in [0.717, 1.165) is 27.5 Å². The fraction of sp³-hybridized carbons (Fsp3) is 0.158. The molecule has 0 saturated heterocycles. The third-order valence-electron chi connectivity index (χ3n) is 3.59. The maximum atomic E-state index is 11.4. The van der Waals surface area contributed by atoms with Gasteiger partial charge < -0.3 is 5.32 Å². The summed E-state index contributed by atoms with van der Waals surface area (Å²) in [6, 6.07) is 16.2. The molecule has 0 spiro atoms. The monoisotopic (exact) mass is 322 g/mol. The molecule has 3 aromatic rings. The Labute approximate surface area is 140 Å². The third-order valence-corrected chi connectivity index (χ3v) is 4.48. The van der Waals surface area contributed by atoms with Gasteiger partial charge in [0.25, 0.3) is 0 Å². The molecule has 23 heavy (non-hydrogen) atoms. The lowest BCUT2D eigenvalue weighted by Gasteiger charge is -2.04. The summed E-state index contributed by atoms with van der Waals surface area (Å²) in [5, 5.41) is 5.93. The van der Waals surface area contributed by atoms with Gasteiger partial charge in [0, 0.05) is 28.6 Å². The third kappa shape index (κ3) is 3.66. The topological polar surface area (TPSA) is 42.0 Å². The van der Waals surface area contributed by atoms with Crippen LogP contribution < -0.4 is 5.32 Å². The van der Waals surface area contributed by atoms with Crippen LogP contribution in [-0.4, -0.2) is 10.9 Å². The van der Waals surface area contributed by atoms with Crippen molar-refractivity contribution >= 4 is 22.9 Å². The van der Waals surface area contributed by atoms with Gasteiger partial charge in [-0.15, -0.1) is 11.3 Å². The Bertz CT molecular complexity index is 804. The van der Waals surface area contributed by atoms with E-state index >= 15 is 0 Å². The second-order valence-corrected chi connectivity index (χ2v) is 6.24. The van der Waals surface area contributed by atoms with E-state index in [1.165, 1.54) is 5.56 Å². The van der Waals surface area contributed by atoms with Crippen LogP contribution in [0.5, 0.6) is 0 Å². The van der Waals surface area contributed by atoms with Crippen molar-refractivity contribution in [2.45, 2.75) is 20.3 Å². The number of nitrogens with zero attached hydrogens (tertiary/aromatic N) is 1. The number of hydrogen-bond donors (Lipinski definition) is 1. The molecule has 0 aliphatic heterocycles. The molecule has 0 aliphatic carbocycles. The average molecular weight is 322 g/mol. The number of hydrogen-bond acceptors (Lipinski definition) is 3. The Balaban J connectivity index is 1.80. The minimum Gasteiger partial charge on any atom is -0.326 e. The van der Waals surface area contributed by atoms with Crippen LogP contribution in [0.2, 0.25) is 0 Å². The second-order valence-electron chi connectivity index (χ2n) is 5.38. The zero-order chi connectivity index (χ0) is 16.2. The minimum atomic E-state index is 0.0214. The maximum absolute atomic E-state index is 11.4. The molecule has 0 aliphatic rings. The van der Waals surface area contributed by atoms with Crippen LogP contribution in [0.3, 0.4) is 0 Å². The van der Waals surface area contributed by atoms with E-state index in [1.54, 1.807) is 11.3 Å². The Morgan fingerprint density at radius 2 is 1.70 bits per heavy atom. The van der Waals surface area contributed by atoms with Gasteiger partial charge in [-0.05, 0) is 19.1 Å². The lowest BCUT2D eigenvalue weighted by molar-refractivity contribution is -0.115. The van der Waals surface area contributed by atoms with Crippen molar-refractivity contribution in [2.75, 3.05) is 5.32 Å². The summed E-state index contributed by atoms with van der Waals surface area (Å²) in [5.41, 5.74) is 5.21. The van der Waals surface area contributed by atoms with Gasteiger partial charge in [0.1, 0.15) is 5.01 Å². The highest BCUT2D eigenvalue weighted by Gasteiger charge is 2.07. The van der Waals surface area contributed by atoms with Gasteiger partial charge in [0.2, 0.25) is 5.91 Å². The molecule has 3 rings (SSSR count). The van der Waals surface area contributed by atoms with E-state index in [-0.39, 0.29) is 5.91 Å². The van der Waals surface area contributed by atoms with Crippen LogP contribution in [0.25, 0.3) is 21.8 Å². The van der Waals surface area contributed by atoms with Crippen molar-refractivity contribution in [2.24, 2.45) is 0 Å². The van der Waals surface area contributed by atoms with Crippen LogP contribution in [0.4, 0.5) is 5.69 Å². The van der Waals surface area contributed by atoms with E-state index in [4.69, 9.17) is 4.98 Å². The predicted octanol–water partition coefficient (Wildman–Crippen LogP) is 5.13. The van der Waals surface area contributed by atoms with Crippen molar-refractivity contribution in [3.8, 4) is 21.8 Å². The van der Waals surface area contributed by atoms with E-state index in [2.05, 4.69) is 41.9 Å². The smallest absolute Gasteiger partial charge is 0.224 e. The van der Waals surface area contributed by atoms with Crippen molar-refractivity contribution in [1.82, 2.24) is 4.98 Å². The fourth-order valence-electron chi connectivity index (χ4n) is 2.21. The molecule has 2 aromatic carbocycles. The molecule has 0 unspecified atom stereocenters. The minimum absolute atomic E-state index is 0.0214. The van der Waals surface area contributed by atoms with Gasteiger partial charge in [-0.1, -0.05) is 48.9 Å². The highest BCUT2D eigenvalue weighted by atomic mass is 32.1. The quantitative estimate of drug-likeness (QED) is 0.723. The Morgan fingerprint density at radius 1 is 1.04 bits per heavy atom. The van der Waals surface area contributed by atoms with E-state index in [9.17, 15) is 4.79 Å². The Kier molecular flexibility index (Phi) is 4.53. The number of carbonyl (C=O) groups excluding carboxylic acids is 1. The fourth-order valence-corrected chi connectivity index (χ4v) is 3.04. The molecular weight excluding hydrogens is 304 g/mol. The normalized spacial score (nSPS) is 10.5. The first-order valence-corrected chi connectivity index (χ1v) is 8.46. The number of amides is 1. The van der Waals surface area contributed by atoms with Crippen LogP contribution in [0.15, 0.2) is 53.9 Å². The number of carbonyl (C=O) groups is 1. The van der Waals surface area contributed by atoms with Crippen molar-refractivity contribution in [1.29, 1.82) is 0 Å². The maximum Gasteiger partial charge on any atom is 0.224 e. The van der Waals surface area contributed by atoms with Gasteiger partial charge in [0.05, 0.1) is 5.69 Å². The van der Waals surface area contributed by atoms with Gasteiger partial charge >= 0.3 is 0 Å². The van der Waals surface area contributed by atoms with Gasteiger partial charge in [-0.2, -0.15) is 0 Å². The van der Waals surface area contributed by atoms with Crippen molar-refractivity contribution in [3.05, 3.63) is 59.5 Å². The summed E-state index contributed by atoms with van der Waals surface area (Å²) >= 11 is 1.64. The molecule has 0 bridgehead atoms.